The van der Waals surface area contributed by atoms with E-state index < -0.39 is 124 Å². The van der Waals surface area contributed by atoms with E-state index >= 15 is 0 Å². The van der Waals surface area contributed by atoms with Crippen molar-refractivity contribution < 1.29 is 69.1 Å². The van der Waals surface area contributed by atoms with Gasteiger partial charge in [0.2, 0.25) is 0 Å². The Morgan fingerprint density at radius 3 is 2.30 bits per heavy atom. The summed E-state index contributed by atoms with van der Waals surface area (Å²) in [6.45, 7) is 16.6. The lowest BCUT2D eigenvalue weighted by Gasteiger charge is -2.50. The number of aliphatic hydroxyl groups is 7. The Morgan fingerprint density at radius 2 is 1.68 bits per heavy atom. The summed E-state index contributed by atoms with van der Waals surface area (Å²) in [5.41, 5.74) is -4.94. The smallest absolute Gasteiger partial charge is 0.309 e. The molecule has 1 saturated carbocycles. The molecule has 0 amide bonds. The SMILES string of the molecule is CC[C@H]1OC(=O)[C@H](C)[C@@H](C2C[C@@](C)(OC)[C@@H](O)[C@H](C)O2)[C@H](C)[C@]2(O[C@@H]3O[C@H](C)C[C@H](N(C)CC(O)C(O)c4cn(CCc5ccc([N+](=O)[O-])cc5)nn4)[C@H]3O)C[C@@]2(O)C[C@@H](C)CN(C)[C@H](C)[C@@H](O)[C@]1(C)O. The van der Waals surface area contributed by atoms with Crippen LogP contribution >= 0.6 is 0 Å². The second kappa shape index (κ2) is 22.3. The Hall–Kier alpha value is -3.29. The van der Waals surface area contributed by atoms with Gasteiger partial charge in [-0.2, -0.15) is 0 Å². The number of ether oxygens (including phenoxy) is 5. The Balaban J connectivity index is 1.27. The summed E-state index contributed by atoms with van der Waals surface area (Å²) in [6, 6.07) is 4.92. The molecular formula is C50H82N6O15. The van der Waals surface area contributed by atoms with Gasteiger partial charge in [-0.15, -0.1) is 5.10 Å². The van der Waals surface area contributed by atoms with Crippen LogP contribution in [0.5, 0.6) is 0 Å². The molecule has 7 N–H and O–H groups in total. The Morgan fingerprint density at radius 1 is 1.01 bits per heavy atom. The van der Waals surface area contributed by atoms with Gasteiger partial charge in [-0.3, -0.25) is 24.5 Å². The molecule has 3 unspecified atom stereocenters. The lowest BCUT2D eigenvalue weighted by molar-refractivity contribution is -0.384. The maximum Gasteiger partial charge on any atom is 0.309 e. The summed E-state index contributed by atoms with van der Waals surface area (Å²) in [5.74, 6) is -3.31. The summed E-state index contributed by atoms with van der Waals surface area (Å²) in [5, 5.41) is 102. The third-order valence-corrected chi connectivity index (χ3v) is 16.7. The van der Waals surface area contributed by atoms with Crippen molar-refractivity contribution in [1.82, 2.24) is 24.8 Å². The van der Waals surface area contributed by atoms with Crippen LogP contribution in [0.3, 0.4) is 0 Å². The van der Waals surface area contributed by atoms with Crippen molar-refractivity contribution in [1.29, 1.82) is 0 Å². The van der Waals surface area contributed by atoms with Crippen LogP contribution in [0.2, 0.25) is 0 Å². The monoisotopic (exact) mass is 1010 g/mol. The number of aliphatic hydroxyl groups excluding tert-OH is 5. The second-order valence-electron chi connectivity index (χ2n) is 22.1. The third kappa shape index (κ3) is 11.8. The number of likely N-dealkylation sites (N-methyl/N-ethyl adjacent to an activating group) is 2. The zero-order valence-electron chi connectivity index (χ0n) is 43.6. The Kier molecular flexibility index (Phi) is 17.9. The van der Waals surface area contributed by atoms with Gasteiger partial charge in [0.15, 0.2) is 6.29 Å². The first-order chi connectivity index (χ1) is 33.1. The molecule has 0 spiro atoms. The number of rotatable bonds is 14. The van der Waals surface area contributed by atoms with E-state index in [1.807, 2.05) is 32.7 Å². The number of nitrogens with zero attached hydrogens (tertiary/aromatic N) is 6. The highest BCUT2D eigenvalue weighted by molar-refractivity contribution is 5.73. The summed E-state index contributed by atoms with van der Waals surface area (Å²) < 4.78 is 33.7. The van der Waals surface area contributed by atoms with Gasteiger partial charge in [-0.05, 0) is 91.8 Å². The van der Waals surface area contributed by atoms with E-state index in [0.717, 1.165) is 5.56 Å². The lowest BCUT2D eigenvalue weighted by atomic mass is 9.70. The highest BCUT2D eigenvalue weighted by atomic mass is 16.7. The molecular weight excluding hydrogens is 925 g/mol. The molecule has 6 rings (SSSR count). The fourth-order valence-corrected chi connectivity index (χ4v) is 12.0. The number of cyclic esters (lactones) is 1. The number of non-ortho nitro benzene ring substituents is 1. The molecule has 4 fully saturated rings. The van der Waals surface area contributed by atoms with Crippen LogP contribution < -0.4 is 0 Å². The molecule has 0 radical (unpaired) electrons. The predicted octanol–water partition coefficient (Wildman–Crippen LogP) is 2.14. The van der Waals surface area contributed by atoms with Crippen LogP contribution in [0.15, 0.2) is 30.5 Å². The Labute approximate surface area is 417 Å². The number of aryl methyl sites for hydroxylation is 2. The Bertz CT molecular complexity index is 2100. The van der Waals surface area contributed by atoms with Gasteiger partial charge in [0.05, 0.1) is 52.7 Å². The number of fused-ring (bicyclic) bond motifs is 1. The number of methoxy groups -OCH3 is 1. The zero-order valence-corrected chi connectivity index (χ0v) is 43.6. The van der Waals surface area contributed by atoms with Gasteiger partial charge >= 0.3 is 5.97 Å². The van der Waals surface area contributed by atoms with Gasteiger partial charge in [0.25, 0.3) is 5.69 Å². The molecule has 71 heavy (non-hydrogen) atoms. The van der Waals surface area contributed by atoms with E-state index in [2.05, 4.69) is 10.3 Å². The number of aromatic nitrogens is 3. The number of nitro benzene ring substituents is 1. The summed E-state index contributed by atoms with van der Waals surface area (Å²) in [4.78, 5) is 28.8. The molecule has 4 heterocycles. The number of nitro groups is 1. The average Bonchev–Trinajstić information content (AvgIpc) is 3.61. The quantitative estimate of drug-likeness (QED) is 0.0811. The van der Waals surface area contributed by atoms with Gasteiger partial charge in [-0.25, -0.2) is 0 Å². The van der Waals surface area contributed by atoms with E-state index in [-0.39, 0.29) is 49.5 Å². The molecule has 20 atom stereocenters. The van der Waals surface area contributed by atoms with Crippen molar-refractivity contribution in [2.24, 2.45) is 23.7 Å². The topological polar surface area (TPSA) is 285 Å². The third-order valence-electron chi connectivity index (χ3n) is 16.7. The molecule has 4 aliphatic rings. The minimum Gasteiger partial charge on any atom is -0.459 e. The zero-order chi connectivity index (χ0) is 52.7. The van der Waals surface area contributed by atoms with Gasteiger partial charge in [-0.1, -0.05) is 45.0 Å². The molecule has 402 valence electrons. The first-order valence-corrected chi connectivity index (χ1v) is 25.3. The van der Waals surface area contributed by atoms with Crippen LogP contribution in [-0.4, -0.2) is 195 Å². The minimum atomic E-state index is -1.84. The van der Waals surface area contributed by atoms with Crippen LogP contribution in [0.25, 0.3) is 0 Å². The van der Waals surface area contributed by atoms with Crippen LogP contribution in [0, 0.1) is 33.8 Å². The maximum absolute atomic E-state index is 14.6. The second-order valence-corrected chi connectivity index (χ2v) is 22.1. The van der Waals surface area contributed by atoms with Crippen molar-refractivity contribution in [2.75, 3.05) is 34.3 Å². The van der Waals surface area contributed by atoms with E-state index in [4.69, 9.17) is 23.7 Å². The van der Waals surface area contributed by atoms with E-state index in [0.29, 0.717) is 25.9 Å². The first kappa shape index (κ1) is 57.0. The maximum atomic E-state index is 14.6. The lowest BCUT2D eigenvalue weighted by Crippen LogP contribution is -2.61. The minimum absolute atomic E-state index is 0.0123. The molecule has 21 nitrogen and oxygen atoms in total. The van der Waals surface area contributed by atoms with E-state index in [1.165, 1.54) is 37.0 Å². The fourth-order valence-electron chi connectivity index (χ4n) is 12.0. The number of esters is 1. The highest BCUT2D eigenvalue weighted by Crippen LogP contribution is 2.63. The molecule has 1 aromatic heterocycles. The van der Waals surface area contributed by atoms with Crippen LogP contribution in [0.1, 0.15) is 112 Å². The van der Waals surface area contributed by atoms with E-state index in [9.17, 15) is 50.7 Å². The summed E-state index contributed by atoms with van der Waals surface area (Å²) in [6.07, 6.45) is -7.84. The standard InChI is InChI=1S/C50H82N6O15/c1-13-39-48(9,63)43(60)31(6)53(10)23-27(2)21-49(64)26-50(49,30(5)40(29(4)45(62)70-39)38-22-47(8,67-12)44(61)32(7)69-38)71-46-42(59)36(20-28(3)68-46)54(11)25-37(57)41(58)35-24-55(52-51-35)19-18-33-14-16-34(17-15-33)56(65)66/h14-17,24,27-32,36-44,46,57-61,63-64H,13,18-23,25-26H2,1-12H3/t27-,28-,29-,30+,31-,32+,36+,37?,38?,39-,40-,41?,42-,43-,44+,46+,47-,48-,49+,50-/m1/s1. The van der Waals surface area contributed by atoms with Gasteiger partial charge in [0.1, 0.15) is 47.4 Å². The van der Waals surface area contributed by atoms with Crippen molar-refractivity contribution in [3.05, 3.63) is 51.8 Å². The highest BCUT2D eigenvalue weighted by Gasteiger charge is 2.74. The average molecular weight is 1010 g/mol. The van der Waals surface area contributed by atoms with Gasteiger partial charge in [0, 0.05) is 69.7 Å². The molecule has 1 aliphatic carbocycles. The molecule has 2 aromatic rings. The molecule has 3 aliphatic heterocycles. The molecule has 21 heteroatoms. The molecule has 0 bridgehead atoms. The van der Waals surface area contributed by atoms with Crippen LogP contribution in [-0.2, 0) is 41.4 Å². The fraction of sp³-hybridized carbons (Fsp3) is 0.820. The number of carbonyl (C=O) groups is 1. The van der Waals surface area contributed by atoms with Crippen molar-refractivity contribution in [2.45, 2.75) is 203 Å². The predicted molar refractivity (Wildman–Crippen MR) is 257 cm³/mol. The number of carbonyl (C=O) groups excluding carboxylic acids is 1. The van der Waals surface area contributed by atoms with Gasteiger partial charge < -0.3 is 64.3 Å². The van der Waals surface area contributed by atoms with Crippen molar-refractivity contribution in [3.63, 3.8) is 0 Å². The molecule has 3 saturated heterocycles. The number of hydrogen-bond donors (Lipinski definition) is 7. The van der Waals surface area contributed by atoms with Crippen LogP contribution in [0.4, 0.5) is 5.69 Å². The summed E-state index contributed by atoms with van der Waals surface area (Å²) >= 11 is 0. The number of hydrogen-bond acceptors (Lipinski definition) is 19. The number of benzene rings is 1. The first-order valence-electron chi connectivity index (χ1n) is 25.3. The summed E-state index contributed by atoms with van der Waals surface area (Å²) in [7, 11) is 5.04. The van der Waals surface area contributed by atoms with Crippen molar-refractivity contribution in [3.8, 4) is 0 Å². The van der Waals surface area contributed by atoms with E-state index in [1.54, 1.807) is 58.7 Å². The van der Waals surface area contributed by atoms with Crippen molar-refractivity contribution >= 4 is 11.7 Å². The largest absolute Gasteiger partial charge is 0.459 e. The normalized spacial score (nSPS) is 41.8. The molecule has 1 aromatic carbocycles.